The smallest absolute Gasteiger partial charge is 0.266 e. The lowest BCUT2D eigenvalue weighted by atomic mass is 9.89. The van der Waals surface area contributed by atoms with Gasteiger partial charge in [0, 0.05) is 7.05 Å². The molecule has 0 saturated heterocycles. The number of halogens is 1. The summed E-state index contributed by atoms with van der Waals surface area (Å²) in [7, 11) is 1.76. The Morgan fingerprint density at radius 3 is 1.97 bits per heavy atom. The number of carbonyl (C=O) groups excluding carboxylic acids is 1. The van der Waals surface area contributed by atoms with Crippen LogP contribution in [0.4, 0.5) is 4.39 Å². The Hall–Kier alpha value is -4.58. The predicted molar refractivity (Wildman–Crippen MR) is 148 cm³/mol. The molecule has 1 unspecified atom stereocenters. The molecule has 0 bridgehead atoms. The maximum absolute atomic E-state index is 14.2. The molecular weight excluding hydrogens is 477 g/mol. The van der Waals surface area contributed by atoms with Gasteiger partial charge in [-0.05, 0) is 53.9 Å². The Labute approximate surface area is 220 Å². The number of benzene rings is 4. The highest BCUT2D eigenvalue weighted by molar-refractivity contribution is 5.87. The van der Waals surface area contributed by atoms with Crippen LogP contribution in [0.3, 0.4) is 0 Å². The third-order valence-electron chi connectivity index (χ3n) is 6.90. The Morgan fingerprint density at radius 1 is 0.842 bits per heavy atom. The maximum Gasteiger partial charge on any atom is 0.266 e. The molecule has 1 atom stereocenters. The summed E-state index contributed by atoms with van der Waals surface area (Å²) in [5.41, 5.74) is 2.54. The minimum absolute atomic E-state index is 0.109. The molecule has 1 amide bonds. The van der Waals surface area contributed by atoms with Crippen molar-refractivity contribution in [1.29, 1.82) is 0 Å². The maximum atomic E-state index is 14.2. The van der Waals surface area contributed by atoms with Crippen molar-refractivity contribution in [2.75, 3.05) is 7.05 Å². The molecular formula is C32H28FN3O2. The van der Waals surface area contributed by atoms with E-state index in [1.807, 2.05) is 73.7 Å². The van der Waals surface area contributed by atoms with Crippen molar-refractivity contribution in [3.63, 3.8) is 0 Å². The number of para-hydroxylation sites is 1. The van der Waals surface area contributed by atoms with Crippen LogP contribution in [0.15, 0.2) is 114 Å². The Morgan fingerprint density at radius 2 is 1.39 bits per heavy atom. The minimum Gasteiger partial charge on any atom is -0.335 e. The van der Waals surface area contributed by atoms with Crippen LogP contribution < -0.4 is 5.56 Å². The second-order valence-electron chi connectivity index (χ2n) is 9.23. The van der Waals surface area contributed by atoms with E-state index >= 15 is 0 Å². The van der Waals surface area contributed by atoms with Gasteiger partial charge in [0.15, 0.2) is 0 Å². The number of aromatic nitrogens is 2. The Balaban J connectivity index is 1.66. The summed E-state index contributed by atoms with van der Waals surface area (Å²) in [6, 6.07) is 31.7. The number of rotatable bonds is 7. The Kier molecular flexibility index (Phi) is 7.13. The molecule has 5 nitrogen and oxygen atoms in total. The second-order valence-corrected chi connectivity index (χ2v) is 9.23. The highest BCUT2D eigenvalue weighted by atomic mass is 19.1. The van der Waals surface area contributed by atoms with Gasteiger partial charge in [0.2, 0.25) is 5.91 Å². The SMILES string of the molecule is CCC(c1nc2ccccc2c(=O)n1-c1ccc(F)cc1)N(C)C(=O)C(c1ccccc1)c1ccccc1. The highest BCUT2D eigenvalue weighted by Gasteiger charge is 2.32. The first-order chi connectivity index (χ1) is 18.5. The van der Waals surface area contributed by atoms with E-state index in [4.69, 9.17) is 4.98 Å². The van der Waals surface area contributed by atoms with Gasteiger partial charge in [-0.25, -0.2) is 9.37 Å². The molecule has 0 N–H and O–H groups in total. The molecule has 0 aliphatic heterocycles. The van der Waals surface area contributed by atoms with Crippen molar-refractivity contribution < 1.29 is 9.18 Å². The summed E-state index contributed by atoms with van der Waals surface area (Å²) in [6.45, 7) is 1.96. The van der Waals surface area contributed by atoms with Crippen LogP contribution in [0.5, 0.6) is 0 Å². The van der Waals surface area contributed by atoms with Crippen molar-refractivity contribution in [2.45, 2.75) is 25.3 Å². The molecule has 1 aromatic heterocycles. The highest BCUT2D eigenvalue weighted by Crippen LogP contribution is 2.32. The number of hydrogen-bond donors (Lipinski definition) is 0. The molecule has 0 saturated carbocycles. The fourth-order valence-electron chi connectivity index (χ4n) is 4.97. The zero-order chi connectivity index (χ0) is 26.6. The first-order valence-corrected chi connectivity index (χ1v) is 12.6. The van der Waals surface area contributed by atoms with E-state index in [1.54, 1.807) is 42.3 Å². The summed E-state index contributed by atoms with van der Waals surface area (Å²) >= 11 is 0. The van der Waals surface area contributed by atoms with E-state index < -0.39 is 17.8 Å². The largest absolute Gasteiger partial charge is 0.335 e. The van der Waals surface area contributed by atoms with Gasteiger partial charge in [-0.3, -0.25) is 14.2 Å². The van der Waals surface area contributed by atoms with Crippen molar-refractivity contribution >= 4 is 16.8 Å². The van der Waals surface area contributed by atoms with Crippen molar-refractivity contribution in [3.05, 3.63) is 142 Å². The van der Waals surface area contributed by atoms with Crippen LogP contribution in [-0.4, -0.2) is 27.4 Å². The quantitative estimate of drug-likeness (QED) is 0.262. The monoisotopic (exact) mass is 505 g/mol. The molecule has 5 aromatic rings. The van der Waals surface area contributed by atoms with E-state index in [9.17, 15) is 14.0 Å². The average Bonchev–Trinajstić information content (AvgIpc) is 2.95. The van der Waals surface area contributed by atoms with Gasteiger partial charge in [-0.2, -0.15) is 0 Å². The molecule has 0 fully saturated rings. The molecule has 38 heavy (non-hydrogen) atoms. The van der Waals surface area contributed by atoms with Gasteiger partial charge < -0.3 is 4.90 Å². The number of likely N-dealkylation sites (N-methyl/N-ethyl adjacent to an activating group) is 1. The van der Waals surface area contributed by atoms with E-state index in [0.717, 1.165) is 11.1 Å². The standard InChI is InChI=1S/C32H28FN3O2/c1-3-28(35(2)32(38)29(22-12-6-4-7-13-22)23-14-8-5-9-15-23)30-34-27-17-11-10-16-26(27)31(37)36(30)25-20-18-24(33)19-21-25/h4-21,28-29H,3H2,1-2H3. The fourth-order valence-corrected chi connectivity index (χ4v) is 4.97. The van der Waals surface area contributed by atoms with Gasteiger partial charge in [-0.15, -0.1) is 0 Å². The number of nitrogens with zero attached hydrogens (tertiary/aromatic N) is 3. The molecule has 190 valence electrons. The van der Waals surface area contributed by atoms with Crippen LogP contribution in [0.1, 0.15) is 42.3 Å². The zero-order valence-corrected chi connectivity index (χ0v) is 21.3. The van der Waals surface area contributed by atoms with E-state index in [2.05, 4.69) is 0 Å². The topological polar surface area (TPSA) is 55.2 Å². The number of carbonyl (C=O) groups is 1. The molecule has 0 aliphatic carbocycles. The van der Waals surface area contributed by atoms with Crippen LogP contribution in [0.2, 0.25) is 0 Å². The number of hydrogen-bond acceptors (Lipinski definition) is 3. The minimum atomic E-state index is -0.525. The number of fused-ring (bicyclic) bond motifs is 1. The predicted octanol–water partition coefficient (Wildman–Crippen LogP) is 6.27. The van der Waals surface area contributed by atoms with Crippen molar-refractivity contribution in [1.82, 2.24) is 14.5 Å². The molecule has 0 aliphatic rings. The van der Waals surface area contributed by atoms with E-state index in [1.165, 1.54) is 16.7 Å². The lowest BCUT2D eigenvalue weighted by Gasteiger charge is -2.32. The summed E-state index contributed by atoms with van der Waals surface area (Å²) in [4.78, 5) is 34.5. The van der Waals surface area contributed by atoms with Crippen molar-refractivity contribution in [3.8, 4) is 5.69 Å². The average molecular weight is 506 g/mol. The first kappa shape index (κ1) is 25.1. The molecule has 6 heteroatoms. The second kappa shape index (κ2) is 10.8. The van der Waals surface area contributed by atoms with E-state index in [0.29, 0.717) is 28.8 Å². The third kappa shape index (κ3) is 4.73. The van der Waals surface area contributed by atoms with Gasteiger partial charge in [0.1, 0.15) is 11.6 Å². The fraction of sp³-hybridized carbons (Fsp3) is 0.156. The van der Waals surface area contributed by atoms with E-state index in [-0.39, 0.29) is 11.5 Å². The van der Waals surface area contributed by atoms with Crippen LogP contribution in [0, 0.1) is 5.82 Å². The summed E-state index contributed by atoms with van der Waals surface area (Å²) in [6.07, 6.45) is 0.518. The number of amides is 1. The summed E-state index contributed by atoms with van der Waals surface area (Å²) in [5.74, 6) is -0.603. The Bertz CT molecular complexity index is 1580. The van der Waals surface area contributed by atoms with Gasteiger partial charge in [0.25, 0.3) is 5.56 Å². The van der Waals surface area contributed by atoms with Gasteiger partial charge in [0.05, 0.1) is 28.6 Å². The molecule has 0 radical (unpaired) electrons. The molecule has 4 aromatic carbocycles. The normalized spacial score (nSPS) is 12.0. The van der Waals surface area contributed by atoms with Crippen LogP contribution >= 0.6 is 0 Å². The summed E-state index contributed by atoms with van der Waals surface area (Å²) < 4.78 is 15.3. The lowest BCUT2D eigenvalue weighted by molar-refractivity contribution is -0.133. The van der Waals surface area contributed by atoms with Gasteiger partial charge >= 0.3 is 0 Å². The first-order valence-electron chi connectivity index (χ1n) is 12.6. The third-order valence-corrected chi connectivity index (χ3v) is 6.90. The molecule has 5 rings (SSSR count). The molecule has 0 spiro atoms. The van der Waals surface area contributed by atoms with Crippen LogP contribution in [-0.2, 0) is 4.79 Å². The van der Waals surface area contributed by atoms with Gasteiger partial charge in [-0.1, -0.05) is 79.7 Å². The lowest BCUT2D eigenvalue weighted by Crippen LogP contribution is -2.38. The summed E-state index contributed by atoms with van der Waals surface area (Å²) in [5, 5.41) is 0.454. The van der Waals surface area contributed by atoms with Crippen LogP contribution in [0.25, 0.3) is 16.6 Å². The van der Waals surface area contributed by atoms with Crippen molar-refractivity contribution in [2.24, 2.45) is 0 Å². The zero-order valence-electron chi connectivity index (χ0n) is 21.3. The molecule has 1 heterocycles.